The molecule has 0 aliphatic heterocycles. The third kappa shape index (κ3) is 13.2. The molecule has 0 saturated heterocycles. The first-order valence-corrected chi connectivity index (χ1v) is 16.3. The zero-order chi connectivity index (χ0) is 33.1. The molecule has 244 valence electrons. The van der Waals surface area contributed by atoms with Crippen LogP contribution in [-0.2, 0) is 30.2 Å². The number of rotatable bonds is 20. The maximum atomic E-state index is 13.8. The van der Waals surface area contributed by atoms with Crippen LogP contribution in [-0.4, -0.2) is 57.5 Å². The Kier molecular flexibility index (Phi) is 14.5. The summed E-state index contributed by atoms with van der Waals surface area (Å²) < 4.78 is 15.7. The highest BCUT2D eigenvalue weighted by molar-refractivity contribution is 7.46. The number of benzene rings is 1. The number of nitrogens with two attached hydrogens (primary N) is 1. The molecule has 43 heavy (non-hydrogen) atoms. The number of nitrogens with one attached hydrogen (secondary N) is 3. The Morgan fingerprint density at radius 1 is 1.07 bits per heavy atom. The number of hydrogen-bond donors (Lipinski definition) is 6. The Hall–Kier alpha value is -2.79. The van der Waals surface area contributed by atoms with Gasteiger partial charge in [-0.25, -0.2) is 4.57 Å². The molecule has 1 rings (SSSR count). The number of amides is 3. The SMILES string of the molecule is CCCCCC(=O)NC(Cc1ccc(OP(=O)(O)O)cc1)C(=O)NC(C=O)(CNC(C)(C)CC(C)(C)C(N)=O)C(C)CC. The second-order valence-corrected chi connectivity index (χ2v) is 13.8. The van der Waals surface area contributed by atoms with Crippen LogP contribution in [0.3, 0.4) is 0 Å². The van der Waals surface area contributed by atoms with E-state index >= 15 is 0 Å². The highest BCUT2D eigenvalue weighted by Gasteiger charge is 2.41. The largest absolute Gasteiger partial charge is 0.524 e. The van der Waals surface area contributed by atoms with Gasteiger partial charge in [0.05, 0.1) is 0 Å². The van der Waals surface area contributed by atoms with Gasteiger partial charge in [-0.15, -0.1) is 0 Å². The zero-order valence-corrected chi connectivity index (χ0v) is 27.5. The molecule has 0 fully saturated rings. The molecule has 7 N–H and O–H groups in total. The Bertz CT molecular complexity index is 1140. The number of phosphoric acid groups is 1. The Balaban J connectivity index is 3.28. The number of carbonyl (C=O) groups is 4. The topological polar surface area (TPSA) is 197 Å². The lowest BCUT2D eigenvalue weighted by Gasteiger charge is -2.41. The molecule has 0 bridgehead atoms. The molecular formula is C30H51N4O8P. The van der Waals surface area contributed by atoms with Gasteiger partial charge < -0.3 is 31.0 Å². The van der Waals surface area contributed by atoms with Gasteiger partial charge in [-0.05, 0) is 50.3 Å². The predicted molar refractivity (Wildman–Crippen MR) is 165 cm³/mol. The molecule has 3 amide bonds. The van der Waals surface area contributed by atoms with Gasteiger partial charge in [-0.1, -0.05) is 66.0 Å². The molecule has 3 atom stereocenters. The molecule has 0 spiro atoms. The van der Waals surface area contributed by atoms with E-state index in [9.17, 15) is 23.7 Å². The molecule has 1 aromatic carbocycles. The summed E-state index contributed by atoms with van der Waals surface area (Å²) in [5, 5.41) is 9.08. The van der Waals surface area contributed by atoms with Crippen molar-refractivity contribution in [3.05, 3.63) is 29.8 Å². The van der Waals surface area contributed by atoms with E-state index in [4.69, 9.17) is 15.5 Å². The summed E-state index contributed by atoms with van der Waals surface area (Å²) in [6.45, 7) is 13.1. The van der Waals surface area contributed by atoms with Crippen LogP contribution >= 0.6 is 7.82 Å². The molecular weight excluding hydrogens is 575 g/mol. The Labute approximate surface area is 255 Å². The van der Waals surface area contributed by atoms with E-state index in [2.05, 4.69) is 20.5 Å². The molecule has 0 radical (unpaired) electrons. The number of hydrogen-bond acceptors (Lipinski definition) is 7. The molecule has 0 heterocycles. The highest BCUT2D eigenvalue weighted by atomic mass is 31.2. The minimum atomic E-state index is -4.74. The van der Waals surface area contributed by atoms with Crippen molar-refractivity contribution in [1.29, 1.82) is 0 Å². The van der Waals surface area contributed by atoms with Crippen molar-refractivity contribution in [2.45, 2.75) is 111 Å². The van der Waals surface area contributed by atoms with Gasteiger partial charge in [0.1, 0.15) is 23.6 Å². The smallest absolute Gasteiger partial charge is 0.404 e. The van der Waals surface area contributed by atoms with Crippen LogP contribution in [0.1, 0.15) is 92.6 Å². The molecule has 0 aliphatic carbocycles. The number of aldehydes is 1. The zero-order valence-electron chi connectivity index (χ0n) is 26.6. The molecule has 12 nitrogen and oxygen atoms in total. The van der Waals surface area contributed by atoms with Gasteiger partial charge >= 0.3 is 7.82 Å². The van der Waals surface area contributed by atoms with Gasteiger partial charge in [-0.3, -0.25) is 24.2 Å². The summed E-state index contributed by atoms with van der Waals surface area (Å²) in [5.74, 6) is -1.64. The van der Waals surface area contributed by atoms with Gasteiger partial charge in [-0.2, -0.15) is 0 Å². The predicted octanol–water partition coefficient (Wildman–Crippen LogP) is 3.14. The fourth-order valence-electron chi connectivity index (χ4n) is 4.92. The third-order valence-corrected chi connectivity index (χ3v) is 8.16. The van der Waals surface area contributed by atoms with Crippen molar-refractivity contribution in [1.82, 2.24) is 16.0 Å². The van der Waals surface area contributed by atoms with Crippen molar-refractivity contribution in [3.8, 4) is 5.75 Å². The van der Waals surface area contributed by atoms with Crippen LogP contribution in [0.2, 0.25) is 0 Å². The highest BCUT2D eigenvalue weighted by Crippen LogP contribution is 2.37. The lowest BCUT2D eigenvalue weighted by molar-refractivity contribution is -0.132. The van der Waals surface area contributed by atoms with Crippen LogP contribution in [0.4, 0.5) is 0 Å². The van der Waals surface area contributed by atoms with E-state index in [1.165, 1.54) is 12.1 Å². The number of unbranched alkanes of at least 4 members (excludes halogenated alkanes) is 2. The van der Waals surface area contributed by atoms with Crippen LogP contribution < -0.4 is 26.2 Å². The summed E-state index contributed by atoms with van der Waals surface area (Å²) >= 11 is 0. The van der Waals surface area contributed by atoms with Crippen LogP contribution in [0.5, 0.6) is 5.75 Å². The van der Waals surface area contributed by atoms with Crippen molar-refractivity contribution in [2.75, 3.05) is 6.54 Å². The Morgan fingerprint density at radius 3 is 2.16 bits per heavy atom. The molecule has 0 saturated carbocycles. The summed E-state index contributed by atoms with van der Waals surface area (Å²) in [6, 6.07) is 4.77. The van der Waals surface area contributed by atoms with Crippen LogP contribution in [0.15, 0.2) is 24.3 Å². The van der Waals surface area contributed by atoms with Gasteiger partial charge in [0.2, 0.25) is 17.7 Å². The lowest BCUT2D eigenvalue weighted by Crippen LogP contribution is -2.65. The van der Waals surface area contributed by atoms with Gasteiger partial charge in [0.15, 0.2) is 0 Å². The number of phosphoric ester groups is 1. The number of carbonyl (C=O) groups excluding carboxylic acids is 4. The molecule has 3 unspecified atom stereocenters. The summed E-state index contributed by atoms with van der Waals surface area (Å²) in [4.78, 5) is 69.3. The maximum absolute atomic E-state index is 13.8. The van der Waals surface area contributed by atoms with Crippen molar-refractivity contribution in [3.63, 3.8) is 0 Å². The third-order valence-electron chi connectivity index (χ3n) is 7.71. The van der Waals surface area contributed by atoms with E-state index in [0.717, 1.165) is 19.1 Å². The van der Waals surface area contributed by atoms with Crippen molar-refractivity contribution in [2.24, 2.45) is 17.1 Å². The average molecular weight is 627 g/mol. The van der Waals surface area contributed by atoms with Gasteiger partial charge in [0, 0.05) is 30.3 Å². The average Bonchev–Trinajstić information content (AvgIpc) is 2.89. The summed E-state index contributed by atoms with van der Waals surface area (Å²) in [7, 11) is -4.74. The molecule has 0 aliphatic rings. The number of primary amides is 1. The summed E-state index contributed by atoms with van der Waals surface area (Å²) in [5.41, 5.74) is 3.42. The summed E-state index contributed by atoms with van der Waals surface area (Å²) in [6.07, 6.45) is 4.43. The molecule has 1 aromatic rings. The van der Waals surface area contributed by atoms with Crippen molar-refractivity contribution < 1.29 is 38.1 Å². The van der Waals surface area contributed by atoms with E-state index in [1.54, 1.807) is 26.0 Å². The Morgan fingerprint density at radius 2 is 1.67 bits per heavy atom. The molecule has 0 aromatic heterocycles. The van der Waals surface area contributed by atoms with Crippen LogP contribution in [0, 0.1) is 11.3 Å². The minimum absolute atomic E-state index is 0.0494. The first kappa shape index (κ1) is 38.2. The molecule has 13 heteroatoms. The normalized spacial score (nSPS) is 15.1. The quantitative estimate of drug-likeness (QED) is 0.0715. The minimum Gasteiger partial charge on any atom is -0.404 e. The van der Waals surface area contributed by atoms with E-state index in [-0.39, 0.29) is 37.0 Å². The first-order valence-electron chi connectivity index (χ1n) is 14.8. The van der Waals surface area contributed by atoms with Crippen molar-refractivity contribution >= 4 is 31.8 Å². The fourth-order valence-corrected chi connectivity index (χ4v) is 5.32. The van der Waals surface area contributed by atoms with E-state index < -0.39 is 42.2 Å². The van der Waals surface area contributed by atoms with E-state index in [1.807, 2.05) is 34.6 Å². The van der Waals surface area contributed by atoms with Gasteiger partial charge in [0.25, 0.3) is 0 Å². The standard InChI is InChI=1S/C30H51N4O8P/c1-8-10-11-12-25(36)33-24(17-22-13-15-23(16-14-22)42-43(39,40)41)26(37)34-30(20-35,21(3)9-2)19-32-29(6,7)18-28(4,5)27(31)38/h13-16,20-21,24,32H,8-12,17-19H2,1-7H3,(H2,31,38)(H,33,36)(H,34,37)(H2,39,40,41). The van der Waals surface area contributed by atoms with Crippen LogP contribution in [0.25, 0.3) is 0 Å². The second kappa shape index (κ2) is 16.3. The fraction of sp³-hybridized carbons (Fsp3) is 0.667. The lowest BCUT2D eigenvalue weighted by atomic mass is 9.78. The second-order valence-electron chi connectivity index (χ2n) is 12.6. The maximum Gasteiger partial charge on any atom is 0.524 e. The first-order chi connectivity index (χ1) is 19.8. The van der Waals surface area contributed by atoms with E-state index in [0.29, 0.717) is 24.8 Å². The monoisotopic (exact) mass is 626 g/mol.